The predicted octanol–water partition coefficient (Wildman–Crippen LogP) is 1.68. The lowest BCUT2D eigenvalue weighted by molar-refractivity contribution is 0.148. The van der Waals surface area contributed by atoms with Gasteiger partial charge in [0.1, 0.15) is 5.01 Å². The van der Waals surface area contributed by atoms with E-state index >= 15 is 0 Å². The highest BCUT2D eigenvalue weighted by Gasteiger charge is 2.24. The lowest BCUT2D eigenvalue weighted by Crippen LogP contribution is -2.43. The largest absolute Gasteiger partial charge is 0.391 e. The second-order valence-corrected chi connectivity index (χ2v) is 7.54. The van der Waals surface area contributed by atoms with Gasteiger partial charge in [0.25, 0.3) is 0 Å². The fourth-order valence-corrected chi connectivity index (χ4v) is 3.54. The lowest BCUT2D eigenvalue weighted by atomic mass is 9.91. The van der Waals surface area contributed by atoms with Gasteiger partial charge in [0, 0.05) is 31.6 Å². The molecule has 19 heavy (non-hydrogen) atoms. The first-order valence-corrected chi connectivity index (χ1v) is 7.72. The summed E-state index contributed by atoms with van der Waals surface area (Å²) in [4.78, 5) is 10.6. The summed E-state index contributed by atoms with van der Waals surface area (Å²) in [6.07, 6.45) is 0. The van der Waals surface area contributed by atoms with Crippen molar-refractivity contribution in [1.82, 2.24) is 14.8 Å². The Morgan fingerprint density at radius 2 is 1.84 bits per heavy atom. The van der Waals surface area contributed by atoms with Crippen molar-refractivity contribution in [2.45, 2.75) is 39.3 Å². The van der Waals surface area contributed by atoms with Gasteiger partial charge in [0.2, 0.25) is 0 Å². The Bertz CT molecular complexity index is 417. The molecule has 2 rings (SSSR count). The molecule has 1 N–H and O–H groups in total. The monoisotopic (exact) mass is 283 g/mol. The highest BCUT2D eigenvalue weighted by Crippen LogP contribution is 2.30. The maximum Gasteiger partial charge on any atom is 0.107 e. The van der Waals surface area contributed by atoms with Crippen LogP contribution >= 0.6 is 11.3 Å². The Balaban J connectivity index is 2.07. The molecule has 2 heterocycles. The first kappa shape index (κ1) is 14.9. The van der Waals surface area contributed by atoms with E-state index in [1.54, 1.807) is 11.3 Å². The van der Waals surface area contributed by atoms with Crippen LogP contribution in [0.1, 0.15) is 36.3 Å². The number of thiazole rings is 1. The third-order valence-electron chi connectivity index (χ3n) is 3.55. The minimum absolute atomic E-state index is 0.00886. The predicted molar refractivity (Wildman–Crippen MR) is 79.5 cm³/mol. The molecule has 1 aliphatic heterocycles. The summed E-state index contributed by atoms with van der Waals surface area (Å²) < 4.78 is 0. The smallest absolute Gasteiger partial charge is 0.107 e. The highest BCUT2D eigenvalue weighted by atomic mass is 32.1. The number of rotatable bonds is 3. The van der Waals surface area contributed by atoms with Crippen LogP contribution < -0.4 is 0 Å². The molecule has 0 atom stereocenters. The zero-order valence-electron chi connectivity index (χ0n) is 12.4. The van der Waals surface area contributed by atoms with E-state index in [1.165, 1.54) is 0 Å². The van der Waals surface area contributed by atoms with Gasteiger partial charge in [-0.1, -0.05) is 20.8 Å². The Kier molecular flexibility index (Phi) is 4.61. The van der Waals surface area contributed by atoms with Crippen molar-refractivity contribution in [2.24, 2.45) is 0 Å². The molecule has 0 amide bonds. The van der Waals surface area contributed by atoms with Gasteiger partial charge in [-0.05, 0) is 7.05 Å². The molecule has 1 aromatic heterocycles. The standard InChI is InChI=1S/C14H25N3OS/c1-14(2,3)13-11(10-18)19-12(15-13)9-17-7-5-16(4)6-8-17/h18H,5-10H2,1-4H3. The van der Waals surface area contributed by atoms with Gasteiger partial charge in [0.15, 0.2) is 0 Å². The molecule has 1 aliphatic rings. The first-order chi connectivity index (χ1) is 8.90. The van der Waals surface area contributed by atoms with Crippen molar-refractivity contribution in [3.63, 3.8) is 0 Å². The van der Waals surface area contributed by atoms with Crippen LogP contribution in [0.4, 0.5) is 0 Å². The van der Waals surface area contributed by atoms with Crippen LogP contribution in [0.15, 0.2) is 0 Å². The summed E-state index contributed by atoms with van der Waals surface area (Å²) in [5, 5.41) is 10.6. The summed E-state index contributed by atoms with van der Waals surface area (Å²) >= 11 is 1.66. The Hall–Kier alpha value is -0.490. The van der Waals surface area contributed by atoms with E-state index in [4.69, 9.17) is 4.98 Å². The molecule has 0 aliphatic carbocycles. The number of hydrogen-bond donors (Lipinski definition) is 1. The average Bonchev–Trinajstić information content (AvgIpc) is 2.75. The molecule has 0 saturated carbocycles. The first-order valence-electron chi connectivity index (χ1n) is 6.91. The topological polar surface area (TPSA) is 39.6 Å². The van der Waals surface area contributed by atoms with Crippen LogP contribution in [0.3, 0.4) is 0 Å². The molecular formula is C14H25N3OS. The molecular weight excluding hydrogens is 258 g/mol. The third-order valence-corrected chi connectivity index (χ3v) is 4.58. The zero-order valence-corrected chi connectivity index (χ0v) is 13.3. The summed E-state index contributed by atoms with van der Waals surface area (Å²) in [5.74, 6) is 0. The van der Waals surface area contributed by atoms with E-state index in [1.807, 2.05) is 0 Å². The zero-order chi connectivity index (χ0) is 14.0. The van der Waals surface area contributed by atoms with Gasteiger partial charge in [0.05, 0.1) is 23.7 Å². The summed E-state index contributed by atoms with van der Waals surface area (Å²) in [6, 6.07) is 0. The van der Waals surface area contributed by atoms with Crippen LogP contribution in [0.25, 0.3) is 0 Å². The molecule has 0 unspecified atom stereocenters. The van der Waals surface area contributed by atoms with Gasteiger partial charge in [-0.15, -0.1) is 11.3 Å². The third kappa shape index (κ3) is 3.75. The number of hydrogen-bond acceptors (Lipinski definition) is 5. The SMILES string of the molecule is CN1CCN(Cc2nc(C(C)(C)C)c(CO)s2)CC1. The second-order valence-electron chi connectivity index (χ2n) is 6.37. The fraction of sp³-hybridized carbons (Fsp3) is 0.786. The molecule has 1 saturated heterocycles. The van der Waals surface area contributed by atoms with Crippen molar-refractivity contribution in [3.05, 3.63) is 15.6 Å². The fourth-order valence-electron chi connectivity index (χ4n) is 2.36. The minimum atomic E-state index is 0.00886. The normalized spacial score (nSPS) is 19.0. The van der Waals surface area contributed by atoms with Crippen LogP contribution in [0.2, 0.25) is 0 Å². The number of nitrogens with zero attached hydrogens (tertiary/aromatic N) is 3. The Morgan fingerprint density at radius 3 is 2.32 bits per heavy atom. The molecule has 108 valence electrons. The van der Waals surface area contributed by atoms with Gasteiger partial charge in [-0.3, -0.25) is 4.90 Å². The van der Waals surface area contributed by atoms with Crippen molar-refractivity contribution in [3.8, 4) is 0 Å². The van der Waals surface area contributed by atoms with E-state index in [2.05, 4.69) is 37.6 Å². The summed E-state index contributed by atoms with van der Waals surface area (Å²) in [7, 11) is 2.17. The number of aliphatic hydroxyl groups excluding tert-OH is 1. The van der Waals surface area contributed by atoms with E-state index in [0.29, 0.717) is 0 Å². The van der Waals surface area contributed by atoms with Crippen molar-refractivity contribution < 1.29 is 5.11 Å². The number of piperazine rings is 1. The van der Waals surface area contributed by atoms with Crippen LogP contribution in [-0.2, 0) is 18.6 Å². The minimum Gasteiger partial charge on any atom is -0.391 e. The maximum absolute atomic E-state index is 9.49. The number of likely N-dealkylation sites (N-methyl/N-ethyl adjacent to an activating group) is 1. The van der Waals surface area contributed by atoms with Crippen LogP contribution in [0, 0.1) is 0 Å². The lowest BCUT2D eigenvalue weighted by Gasteiger charge is -2.31. The molecule has 0 bridgehead atoms. The summed E-state index contributed by atoms with van der Waals surface area (Å²) in [6.45, 7) is 12.0. The van der Waals surface area contributed by atoms with Gasteiger partial charge in [-0.25, -0.2) is 4.98 Å². The van der Waals surface area contributed by atoms with Crippen LogP contribution in [0.5, 0.6) is 0 Å². The van der Waals surface area contributed by atoms with Crippen molar-refractivity contribution in [1.29, 1.82) is 0 Å². The molecule has 5 heteroatoms. The van der Waals surface area contributed by atoms with E-state index < -0.39 is 0 Å². The van der Waals surface area contributed by atoms with E-state index in [0.717, 1.165) is 48.3 Å². The number of aliphatic hydroxyl groups is 1. The van der Waals surface area contributed by atoms with Crippen molar-refractivity contribution in [2.75, 3.05) is 33.2 Å². The summed E-state index contributed by atoms with van der Waals surface area (Å²) in [5.41, 5.74) is 1.07. The highest BCUT2D eigenvalue weighted by molar-refractivity contribution is 7.11. The van der Waals surface area contributed by atoms with Gasteiger partial charge < -0.3 is 10.0 Å². The van der Waals surface area contributed by atoms with Gasteiger partial charge in [-0.2, -0.15) is 0 Å². The van der Waals surface area contributed by atoms with Crippen molar-refractivity contribution >= 4 is 11.3 Å². The van der Waals surface area contributed by atoms with Crippen LogP contribution in [-0.4, -0.2) is 53.1 Å². The second kappa shape index (κ2) is 5.87. The molecule has 0 spiro atoms. The quantitative estimate of drug-likeness (QED) is 0.916. The average molecular weight is 283 g/mol. The molecule has 1 aromatic rings. The van der Waals surface area contributed by atoms with E-state index in [9.17, 15) is 5.11 Å². The molecule has 0 aromatic carbocycles. The Labute approximate surface area is 120 Å². The van der Waals surface area contributed by atoms with E-state index in [-0.39, 0.29) is 12.0 Å². The maximum atomic E-state index is 9.49. The van der Waals surface area contributed by atoms with Gasteiger partial charge >= 0.3 is 0 Å². The molecule has 0 radical (unpaired) electrons. The Morgan fingerprint density at radius 1 is 1.21 bits per heavy atom. The number of aromatic nitrogens is 1. The molecule has 1 fully saturated rings. The molecule has 4 nitrogen and oxygen atoms in total.